The number of nitrogens with two attached hydrogens (primary N) is 1. The Labute approximate surface area is 94.8 Å². The van der Waals surface area contributed by atoms with Gasteiger partial charge in [-0.15, -0.1) is 0 Å². The molecule has 0 aliphatic heterocycles. The number of nitrogens with one attached hydrogen (secondary N) is 2. The average molecular weight is 222 g/mol. The Balaban J connectivity index is 1.92. The number of rotatable bonds is 2. The number of hydrogen-bond donors (Lipinski definition) is 3. The van der Waals surface area contributed by atoms with Crippen molar-refractivity contribution >= 4 is 11.7 Å². The van der Waals surface area contributed by atoms with E-state index in [9.17, 15) is 4.79 Å². The maximum atomic E-state index is 11.8. The van der Waals surface area contributed by atoms with E-state index in [1.165, 1.54) is 12.8 Å². The largest absolute Gasteiger partial charge is 0.382 e. The topological polar surface area (TPSA) is 83.8 Å². The van der Waals surface area contributed by atoms with Crippen LogP contribution in [0.2, 0.25) is 0 Å². The highest BCUT2D eigenvalue weighted by Crippen LogP contribution is 2.23. The van der Waals surface area contributed by atoms with Gasteiger partial charge >= 0.3 is 0 Å². The fourth-order valence-corrected chi connectivity index (χ4v) is 2.28. The molecule has 5 heteroatoms. The second-order valence-electron chi connectivity index (χ2n) is 4.65. The number of hydrogen-bond acceptors (Lipinski definition) is 3. The molecule has 1 aromatic heterocycles. The maximum Gasteiger partial charge on any atom is 0.269 e. The predicted molar refractivity (Wildman–Crippen MR) is 61.9 cm³/mol. The average Bonchev–Trinajstić information content (AvgIpc) is 2.65. The molecule has 5 nitrogen and oxygen atoms in total. The second kappa shape index (κ2) is 4.55. The summed E-state index contributed by atoms with van der Waals surface area (Å²) in [7, 11) is 0. The minimum absolute atomic E-state index is 0.108. The lowest BCUT2D eigenvalue weighted by Gasteiger charge is -2.27. The zero-order chi connectivity index (χ0) is 11.5. The molecular weight excluding hydrogens is 204 g/mol. The minimum Gasteiger partial charge on any atom is -0.382 e. The summed E-state index contributed by atoms with van der Waals surface area (Å²) in [5, 5.41) is 9.37. The monoisotopic (exact) mass is 222 g/mol. The van der Waals surface area contributed by atoms with Crippen LogP contribution in [0.3, 0.4) is 0 Å². The first-order valence-corrected chi connectivity index (χ1v) is 5.77. The van der Waals surface area contributed by atoms with Crippen LogP contribution >= 0.6 is 0 Å². The second-order valence-corrected chi connectivity index (χ2v) is 4.65. The SMILES string of the molecule is CC1CCCC(NC(=O)c2cc(N)n[nH]2)C1. The Morgan fingerprint density at radius 1 is 1.62 bits per heavy atom. The molecule has 0 spiro atoms. The van der Waals surface area contributed by atoms with E-state index in [4.69, 9.17) is 5.73 Å². The number of nitrogen functional groups attached to an aromatic ring is 1. The van der Waals surface area contributed by atoms with E-state index in [0.29, 0.717) is 23.5 Å². The molecule has 1 heterocycles. The van der Waals surface area contributed by atoms with Gasteiger partial charge in [0.2, 0.25) is 0 Å². The van der Waals surface area contributed by atoms with Gasteiger partial charge in [-0.3, -0.25) is 9.89 Å². The third kappa shape index (κ3) is 2.53. The summed E-state index contributed by atoms with van der Waals surface area (Å²) >= 11 is 0. The van der Waals surface area contributed by atoms with Crippen molar-refractivity contribution in [2.45, 2.75) is 38.6 Å². The number of amides is 1. The standard InChI is InChI=1S/C11H18N4O/c1-7-3-2-4-8(5-7)13-11(16)9-6-10(12)15-14-9/h6-8H,2-5H2,1H3,(H,13,16)(H3,12,14,15). The number of nitrogens with zero attached hydrogens (tertiary/aromatic N) is 1. The Morgan fingerprint density at radius 2 is 2.44 bits per heavy atom. The van der Waals surface area contributed by atoms with Crippen LogP contribution in [-0.2, 0) is 0 Å². The summed E-state index contributed by atoms with van der Waals surface area (Å²) in [5.41, 5.74) is 5.89. The minimum atomic E-state index is -0.108. The molecule has 4 N–H and O–H groups in total. The van der Waals surface area contributed by atoms with Gasteiger partial charge in [0.05, 0.1) is 0 Å². The van der Waals surface area contributed by atoms with Gasteiger partial charge in [0, 0.05) is 12.1 Å². The summed E-state index contributed by atoms with van der Waals surface area (Å²) in [6, 6.07) is 1.85. The maximum absolute atomic E-state index is 11.8. The van der Waals surface area contributed by atoms with Gasteiger partial charge in [-0.25, -0.2) is 0 Å². The molecule has 1 aromatic rings. The molecule has 1 aliphatic rings. The zero-order valence-corrected chi connectivity index (χ0v) is 9.49. The van der Waals surface area contributed by atoms with Gasteiger partial charge in [0.15, 0.2) is 0 Å². The van der Waals surface area contributed by atoms with Crippen molar-refractivity contribution in [3.05, 3.63) is 11.8 Å². The summed E-state index contributed by atoms with van der Waals surface area (Å²) in [6.45, 7) is 2.23. The van der Waals surface area contributed by atoms with E-state index >= 15 is 0 Å². The molecule has 2 rings (SSSR count). The van der Waals surface area contributed by atoms with Crippen molar-refractivity contribution in [1.82, 2.24) is 15.5 Å². The molecule has 1 saturated carbocycles. The van der Waals surface area contributed by atoms with Crippen molar-refractivity contribution in [2.24, 2.45) is 5.92 Å². The summed E-state index contributed by atoms with van der Waals surface area (Å²) < 4.78 is 0. The molecule has 0 radical (unpaired) electrons. The molecule has 88 valence electrons. The molecular formula is C11H18N4O. The molecule has 2 atom stereocenters. The van der Waals surface area contributed by atoms with E-state index < -0.39 is 0 Å². The number of anilines is 1. The van der Waals surface area contributed by atoms with Crippen molar-refractivity contribution in [2.75, 3.05) is 5.73 Å². The smallest absolute Gasteiger partial charge is 0.269 e. The van der Waals surface area contributed by atoms with E-state index in [2.05, 4.69) is 22.4 Å². The molecule has 0 saturated heterocycles. The number of carbonyl (C=O) groups excluding carboxylic acids is 1. The lowest BCUT2D eigenvalue weighted by atomic mass is 9.87. The third-order valence-corrected chi connectivity index (χ3v) is 3.11. The van der Waals surface area contributed by atoms with Gasteiger partial charge in [-0.1, -0.05) is 19.8 Å². The first-order chi connectivity index (χ1) is 7.65. The van der Waals surface area contributed by atoms with Crippen LogP contribution in [0, 0.1) is 5.92 Å². The van der Waals surface area contributed by atoms with Gasteiger partial charge < -0.3 is 11.1 Å². The highest BCUT2D eigenvalue weighted by Gasteiger charge is 2.21. The van der Waals surface area contributed by atoms with Gasteiger partial charge in [0.1, 0.15) is 11.5 Å². The van der Waals surface area contributed by atoms with Gasteiger partial charge in [-0.05, 0) is 18.8 Å². The van der Waals surface area contributed by atoms with Gasteiger partial charge in [0.25, 0.3) is 5.91 Å². The fraction of sp³-hybridized carbons (Fsp3) is 0.636. The Morgan fingerprint density at radius 3 is 3.06 bits per heavy atom. The highest BCUT2D eigenvalue weighted by atomic mass is 16.2. The van der Waals surface area contributed by atoms with Crippen LogP contribution in [-0.4, -0.2) is 22.1 Å². The molecule has 16 heavy (non-hydrogen) atoms. The normalized spacial score (nSPS) is 25.3. The Kier molecular flexibility index (Phi) is 3.12. The Hall–Kier alpha value is -1.52. The van der Waals surface area contributed by atoms with Crippen LogP contribution < -0.4 is 11.1 Å². The van der Waals surface area contributed by atoms with Crippen molar-refractivity contribution < 1.29 is 4.79 Å². The molecule has 1 fully saturated rings. The molecule has 0 aromatic carbocycles. The molecule has 2 unspecified atom stereocenters. The fourth-order valence-electron chi connectivity index (χ4n) is 2.28. The van der Waals surface area contributed by atoms with Crippen molar-refractivity contribution in [3.63, 3.8) is 0 Å². The summed E-state index contributed by atoms with van der Waals surface area (Å²) in [5.74, 6) is 0.941. The van der Waals surface area contributed by atoms with Crippen molar-refractivity contribution in [3.8, 4) is 0 Å². The molecule has 1 amide bonds. The van der Waals surface area contributed by atoms with Crippen LogP contribution in [0.25, 0.3) is 0 Å². The number of aromatic nitrogens is 2. The van der Waals surface area contributed by atoms with Crippen LogP contribution in [0.1, 0.15) is 43.1 Å². The lowest BCUT2D eigenvalue weighted by molar-refractivity contribution is 0.0916. The predicted octanol–water partition coefficient (Wildman–Crippen LogP) is 1.30. The van der Waals surface area contributed by atoms with Crippen LogP contribution in [0.4, 0.5) is 5.82 Å². The third-order valence-electron chi connectivity index (χ3n) is 3.11. The first kappa shape index (κ1) is 11.0. The Bertz CT molecular complexity index is 374. The zero-order valence-electron chi connectivity index (χ0n) is 9.49. The van der Waals surface area contributed by atoms with Crippen molar-refractivity contribution in [1.29, 1.82) is 0 Å². The van der Waals surface area contributed by atoms with E-state index in [1.54, 1.807) is 6.07 Å². The van der Waals surface area contributed by atoms with Crippen LogP contribution in [0.5, 0.6) is 0 Å². The first-order valence-electron chi connectivity index (χ1n) is 5.77. The molecule has 0 bridgehead atoms. The quantitative estimate of drug-likeness (QED) is 0.705. The molecule has 1 aliphatic carbocycles. The van der Waals surface area contributed by atoms with E-state index in [0.717, 1.165) is 12.8 Å². The highest BCUT2D eigenvalue weighted by molar-refractivity contribution is 5.93. The number of aromatic amines is 1. The van der Waals surface area contributed by atoms with E-state index in [1.807, 2.05) is 0 Å². The van der Waals surface area contributed by atoms with Gasteiger partial charge in [-0.2, -0.15) is 5.10 Å². The lowest BCUT2D eigenvalue weighted by Crippen LogP contribution is -2.38. The number of carbonyl (C=O) groups is 1. The summed E-state index contributed by atoms with van der Waals surface area (Å²) in [4.78, 5) is 11.8. The number of H-pyrrole nitrogens is 1. The van der Waals surface area contributed by atoms with E-state index in [-0.39, 0.29) is 5.91 Å². The van der Waals surface area contributed by atoms with Crippen LogP contribution in [0.15, 0.2) is 6.07 Å². The summed E-state index contributed by atoms with van der Waals surface area (Å²) in [6.07, 6.45) is 4.59.